The second-order valence-corrected chi connectivity index (χ2v) is 4.86. The lowest BCUT2D eigenvalue weighted by atomic mass is 9.88. The number of fused-ring (bicyclic) bond motifs is 1. The van der Waals surface area contributed by atoms with E-state index in [-0.39, 0.29) is 5.54 Å². The molecule has 15 heavy (non-hydrogen) atoms. The van der Waals surface area contributed by atoms with Gasteiger partial charge in [0.25, 0.3) is 0 Å². The summed E-state index contributed by atoms with van der Waals surface area (Å²) in [7, 11) is 1.74. The quantitative estimate of drug-likeness (QED) is 0.835. The number of nitrogens with one attached hydrogen (secondary N) is 1. The molecule has 1 heterocycles. The van der Waals surface area contributed by atoms with Crippen LogP contribution in [-0.4, -0.2) is 19.3 Å². The minimum absolute atomic E-state index is 0.0512. The molecule has 1 atom stereocenters. The monoisotopic (exact) mass is 225 g/mol. The van der Waals surface area contributed by atoms with Crippen LogP contribution < -0.4 is 5.32 Å². The molecule has 3 heteroatoms. The van der Waals surface area contributed by atoms with Crippen molar-refractivity contribution in [2.24, 2.45) is 0 Å². The molecule has 1 unspecified atom stereocenters. The first kappa shape index (κ1) is 10.8. The Labute approximate surface area is 95.6 Å². The lowest BCUT2D eigenvalue weighted by Crippen LogP contribution is -2.42. The first-order valence-corrected chi connectivity index (χ1v) is 5.56. The molecule has 0 radical (unpaired) electrons. The van der Waals surface area contributed by atoms with Crippen molar-refractivity contribution in [3.63, 3.8) is 0 Å². The molecule has 1 aromatic carbocycles. The van der Waals surface area contributed by atoms with Gasteiger partial charge in [-0.3, -0.25) is 0 Å². The molecule has 1 aromatic rings. The number of rotatable bonds is 2. The van der Waals surface area contributed by atoms with E-state index < -0.39 is 0 Å². The summed E-state index contributed by atoms with van der Waals surface area (Å²) < 4.78 is 5.23. The fourth-order valence-electron chi connectivity index (χ4n) is 2.12. The molecule has 1 N–H and O–H groups in total. The molecular formula is C12H16ClNO. The van der Waals surface area contributed by atoms with E-state index in [4.69, 9.17) is 16.3 Å². The molecule has 0 aromatic heterocycles. The largest absolute Gasteiger partial charge is 0.382 e. The van der Waals surface area contributed by atoms with E-state index in [0.29, 0.717) is 0 Å². The molecule has 2 nitrogen and oxygen atoms in total. The van der Waals surface area contributed by atoms with E-state index in [1.807, 2.05) is 18.2 Å². The summed E-state index contributed by atoms with van der Waals surface area (Å²) in [5, 5.41) is 4.33. The first-order chi connectivity index (χ1) is 7.13. The van der Waals surface area contributed by atoms with Crippen LogP contribution in [0.5, 0.6) is 0 Å². The Morgan fingerprint density at radius 3 is 3.07 bits per heavy atom. The van der Waals surface area contributed by atoms with Gasteiger partial charge in [0, 0.05) is 17.8 Å². The van der Waals surface area contributed by atoms with Crippen LogP contribution in [0.25, 0.3) is 0 Å². The minimum Gasteiger partial charge on any atom is -0.382 e. The molecule has 1 aliphatic heterocycles. The maximum absolute atomic E-state index is 5.96. The van der Waals surface area contributed by atoms with Crippen molar-refractivity contribution in [3.8, 4) is 0 Å². The van der Waals surface area contributed by atoms with Crippen LogP contribution in [-0.2, 0) is 11.2 Å². The maximum Gasteiger partial charge on any atom is 0.0690 e. The number of hydrogen-bond acceptors (Lipinski definition) is 2. The Morgan fingerprint density at radius 2 is 2.33 bits per heavy atom. The van der Waals surface area contributed by atoms with Crippen molar-refractivity contribution in [2.45, 2.75) is 25.3 Å². The molecule has 0 bridgehead atoms. The molecule has 0 amide bonds. The predicted octanol–water partition coefficient (Wildman–Crippen LogP) is 3.10. The van der Waals surface area contributed by atoms with Crippen molar-refractivity contribution in [2.75, 3.05) is 19.0 Å². The topological polar surface area (TPSA) is 21.3 Å². The Hall–Kier alpha value is -0.730. The summed E-state index contributed by atoms with van der Waals surface area (Å²) in [5.74, 6) is 0. The number of methoxy groups -OCH3 is 1. The highest BCUT2D eigenvalue weighted by molar-refractivity contribution is 6.30. The Kier molecular flexibility index (Phi) is 2.89. The van der Waals surface area contributed by atoms with Gasteiger partial charge in [-0.1, -0.05) is 11.6 Å². The van der Waals surface area contributed by atoms with Crippen LogP contribution in [0.2, 0.25) is 5.02 Å². The highest BCUT2D eigenvalue weighted by Crippen LogP contribution is 2.32. The Balaban J connectivity index is 2.23. The fraction of sp³-hybridized carbons (Fsp3) is 0.500. The van der Waals surface area contributed by atoms with Gasteiger partial charge in [0.2, 0.25) is 0 Å². The van der Waals surface area contributed by atoms with Gasteiger partial charge in [0.05, 0.1) is 12.1 Å². The van der Waals surface area contributed by atoms with Gasteiger partial charge >= 0.3 is 0 Å². The van der Waals surface area contributed by atoms with E-state index >= 15 is 0 Å². The molecule has 1 aliphatic rings. The number of benzene rings is 1. The van der Waals surface area contributed by atoms with Gasteiger partial charge in [0.1, 0.15) is 0 Å². The number of aryl methyl sites for hydroxylation is 1. The number of halogens is 1. The minimum atomic E-state index is 0.0512. The SMILES string of the molecule is COCC1(C)CCc2cc(Cl)ccc2N1. The van der Waals surface area contributed by atoms with Crippen LogP contribution >= 0.6 is 11.6 Å². The van der Waals surface area contributed by atoms with E-state index in [1.54, 1.807) is 7.11 Å². The van der Waals surface area contributed by atoms with Crippen molar-refractivity contribution < 1.29 is 4.74 Å². The molecule has 0 fully saturated rings. The zero-order valence-electron chi connectivity index (χ0n) is 9.14. The molecule has 0 saturated carbocycles. The summed E-state index contributed by atoms with van der Waals surface area (Å²) in [6.07, 6.45) is 2.14. The smallest absolute Gasteiger partial charge is 0.0690 e. The van der Waals surface area contributed by atoms with Crippen LogP contribution in [0.4, 0.5) is 5.69 Å². The predicted molar refractivity (Wildman–Crippen MR) is 63.7 cm³/mol. The zero-order chi connectivity index (χ0) is 10.9. The third-order valence-corrected chi connectivity index (χ3v) is 3.15. The van der Waals surface area contributed by atoms with Crippen LogP contribution in [0, 0.1) is 0 Å². The summed E-state index contributed by atoms with van der Waals surface area (Å²) in [4.78, 5) is 0. The average Bonchev–Trinajstić information content (AvgIpc) is 2.19. The highest BCUT2D eigenvalue weighted by atomic mass is 35.5. The van der Waals surface area contributed by atoms with Crippen molar-refractivity contribution in [3.05, 3.63) is 28.8 Å². The van der Waals surface area contributed by atoms with Gasteiger partial charge in [-0.2, -0.15) is 0 Å². The summed E-state index contributed by atoms with van der Waals surface area (Å²) in [6.45, 7) is 2.92. The van der Waals surface area contributed by atoms with Crippen molar-refractivity contribution in [1.29, 1.82) is 0 Å². The number of hydrogen-bond donors (Lipinski definition) is 1. The average molecular weight is 226 g/mol. The second-order valence-electron chi connectivity index (χ2n) is 4.42. The summed E-state index contributed by atoms with van der Waals surface area (Å²) in [6, 6.07) is 6.01. The molecule has 2 rings (SSSR count). The Morgan fingerprint density at radius 1 is 1.53 bits per heavy atom. The van der Waals surface area contributed by atoms with Gasteiger partial charge in [-0.15, -0.1) is 0 Å². The maximum atomic E-state index is 5.96. The van der Waals surface area contributed by atoms with E-state index in [1.165, 1.54) is 11.3 Å². The van der Waals surface area contributed by atoms with E-state index in [0.717, 1.165) is 24.5 Å². The lowest BCUT2D eigenvalue weighted by Gasteiger charge is -2.36. The molecular weight excluding hydrogens is 210 g/mol. The van der Waals surface area contributed by atoms with Crippen LogP contribution in [0.1, 0.15) is 18.9 Å². The summed E-state index contributed by atoms with van der Waals surface area (Å²) >= 11 is 5.96. The van der Waals surface area contributed by atoms with Gasteiger partial charge in [-0.05, 0) is 43.5 Å². The normalized spacial score (nSPS) is 24.5. The van der Waals surface area contributed by atoms with Crippen LogP contribution in [0.3, 0.4) is 0 Å². The zero-order valence-corrected chi connectivity index (χ0v) is 9.90. The Bertz CT molecular complexity index is 367. The van der Waals surface area contributed by atoms with Crippen LogP contribution in [0.15, 0.2) is 18.2 Å². The standard InChI is InChI=1S/C12H16ClNO/c1-12(8-15-2)6-5-9-7-10(13)3-4-11(9)14-12/h3-4,7,14H,5-6,8H2,1-2H3. The van der Waals surface area contributed by atoms with Gasteiger partial charge < -0.3 is 10.1 Å². The highest BCUT2D eigenvalue weighted by Gasteiger charge is 2.28. The van der Waals surface area contributed by atoms with Gasteiger partial charge in [-0.25, -0.2) is 0 Å². The van der Waals surface area contributed by atoms with E-state index in [2.05, 4.69) is 12.2 Å². The fourth-order valence-corrected chi connectivity index (χ4v) is 2.31. The first-order valence-electron chi connectivity index (χ1n) is 5.18. The molecule has 0 spiro atoms. The van der Waals surface area contributed by atoms with Crippen molar-refractivity contribution in [1.82, 2.24) is 0 Å². The third-order valence-electron chi connectivity index (χ3n) is 2.91. The number of anilines is 1. The summed E-state index contributed by atoms with van der Waals surface area (Å²) in [5.41, 5.74) is 2.54. The number of ether oxygens (including phenoxy) is 1. The second kappa shape index (κ2) is 4.03. The van der Waals surface area contributed by atoms with Crippen molar-refractivity contribution >= 4 is 17.3 Å². The molecule has 82 valence electrons. The molecule has 0 saturated heterocycles. The molecule has 0 aliphatic carbocycles. The van der Waals surface area contributed by atoms with Gasteiger partial charge in [0.15, 0.2) is 0 Å². The van der Waals surface area contributed by atoms with E-state index in [9.17, 15) is 0 Å². The third kappa shape index (κ3) is 2.27. The lowest BCUT2D eigenvalue weighted by molar-refractivity contribution is 0.144.